The maximum Gasteiger partial charge on any atom is 0.337 e. The number of ether oxygens (including phenoxy) is 2. The summed E-state index contributed by atoms with van der Waals surface area (Å²) in [4.78, 5) is 37.6. The van der Waals surface area contributed by atoms with Crippen LogP contribution in [0.3, 0.4) is 0 Å². The number of amides is 1. The first-order valence-electron chi connectivity index (χ1n) is 10.8. The third kappa shape index (κ3) is 4.24. The van der Waals surface area contributed by atoms with Crippen LogP contribution in [0.25, 0.3) is 0 Å². The van der Waals surface area contributed by atoms with E-state index in [9.17, 15) is 9.59 Å². The van der Waals surface area contributed by atoms with Gasteiger partial charge in [-0.1, -0.05) is 0 Å². The summed E-state index contributed by atoms with van der Waals surface area (Å²) < 4.78 is 10.7. The Bertz CT molecular complexity index is 1210. The minimum absolute atomic E-state index is 0.125. The van der Waals surface area contributed by atoms with E-state index in [1.165, 1.54) is 7.11 Å². The van der Waals surface area contributed by atoms with Gasteiger partial charge < -0.3 is 19.3 Å². The molecule has 0 radical (unpaired) electrons. The van der Waals surface area contributed by atoms with Gasteiger partial charge in [0.1, 0.15) is 11.6 Å². The summed E-state index contributed by atoms with van der Waals surface area (Å²) >= 11 is 0. The van der Waals surface area contributed by atoms with Crippen LogP contribution in [0, 0.1) is 6.92 Å². The maximum atomic E-state index is 13.2. The van der Waals surface area contributed by atoms with Crippen molar-refractivity contribution in [3.8, 4) is 5.75 Å². The monoisotopic (exact) mass is 446 g/mol. The van der Waals surface area contributed by atoms with Gasteiger partial charge in [0.25, 0.3) is 5.91 Å². The molecule has 3 heterocycles. The van der Waals surface area contributed by atoms with Crippen LogP contribution in [-0.2, 0) is 11.2 Å². The number of nitrogens with zero attached hydrogens (tertiary/aromatic N) is 4. The molecule has 1 aromatic carbocycles. The fraction of sp³-hybridized carbons (Fsp3) is 0.280. The van der Waals surface area contributed by atoms with Crippen LogP contribution in [0.5, 0.6) is 5.75 Å². The van der Waals surface area contributed by atoms with Crippen LogP contribution < -0.4 is 14.5 Å². The Labute approximate surface area is 192 Å². The van der Waals surface area contributed by atoms with E-state index >= 15 is 0 Å². The number of benzene rings is 1. The average molecular weight is 447 g/mol. The molecule has 33 heavy (non-hydrogen) atoms. The number of fused-ring (bicyclic) bond motifs is 2. The molecule has 4 rings (SSSR count). The Kier molecular flexibility index (Phi) is 6.26. The van der Waals surface area contributed by atoms with Crippen LogP contribution in [0.1, 0.15) is 38.8 Å². The van der Waals surface area contributed by atoms with Gasteiger partial charge >= 0.3 is 5.97 Å². The maximum absolute atomic E-state index is 13.2. The molecular formula is C25H26N4O4. The number of methoxy groups -OCH3 is 1. The van der Waals surface area contributed by atoms with Gasteiger partial charge in [-0.3, -0.25) is 4.79 Å². The predicted molar refractivity (Wildman–Crippen MR) is 126 cm³/mol. The lowest BCUT2D eigenvalue weighted by atomic mass is 10.1. The molecule has 0 saturated heterocycles. The normalized spacial score (nSPS) is 12.7. The number of hydrogen-bond acceptors (Lipinski definition) is 7. The molecule has 3 aromatic rings. The third-order valence-electron chi connectivity index (χ3n) is 5.66. The molecule has 1 aliphatic rings. The van der Waals surface area contributed by atoms with E-state index in [4.69, 9.17) is 9.47 Å². The minimum Gasteiger partial charge on any atom is -0.493 e. The summed E-state index contributed by atoms with van der Waals surface area (Å²) in [5.74, 6) is 1.50. The molecular weight excluding hydrogens is 420 g/mol. The standard InChI is InChI=1S/C25H26N4O4/c1-5-29-22-19(24(30)28(3)20-7-6-11-26-23(20)29)14-17(15-27-22)10-12-33-21-9-8-18(13-16(21)2)25(31)32-4/h6-9,11,13-15H,5,10,12H2,1-4H3. The van der Waals surface area contributed by atoms with Gasteiger partial charge in [0.15, 0.2) is 5.82 Å². The van der Waals surface area contributed by atoms with Gasteiger partial charge in [-0.2, -0.15) is 0 Å². The quantitative estimate of drug-likeness (QED) is 0.530. The lowest BCUT2D eigenvalue weighted by molar-refractivity contribution is 0.0600. The number of carbonyl (C=O) groups excluding carboxylic acids is 2. The summed E-state index contributed by atoms with van der Waals surface area (Å²) in [6.07, 6.45) is 4.07. The lowest BCUT2D eigenvalue weighted by Crippen LogP contribution is -2.25. The number of anilines is 3. The van der Waals surface area contributed by atoms with Gasteiger partial charge in [-0.05, 0) is 61.4 Å². The molecule has 0 N–H and O–H groups in total. The number of aromatic nitrogens is 2. The van der Waals surface area contributed by atoms with Crippen molar-refractivity contribution < 1.29 is 19.1 Å². The molecule has 2 aromatic heterocycles. The van der Waals surface area contributed by atoms with Crippen LogP contribution in [0.2, 0.25) is 0 Å². The summed E-state index contributed by atoms with van der Waals surface area (Å²) in [5.41, 5.74) is 3.51. The van der Waals surface area contributed by atoms with E-state index in [1.54, 1.807) is 42.5 Å². The van der Waals surface area contributed by atoms with Crippen molar-refractivity contribution >= 4 is 29.2 Å². The van der Waals surface area contributed by atoms with E-state index in [1.807, 2.05) is 36.9 Å². The third-order valence-corrected chi connectivity index (χ3v) is 5.66. The van der Waals surface area contributed by atoms with Crippen LogP contribution in [0.4, 0.5) is 17.3 Å². The largest absolute Gasteiger partial charge is 0.493 e. The highest BCUT2D eigenvalue weighted by atomic mass is 16.5. The second kappa shape index (κ2) is 9.28. The molecule has 0 unspecified atom stereocenters. The topological polar surface area (TPSA) is 84.9 Å². The molecule has 8 heteroatoms. The molecule has 0 atom stereocenters. The fourth-order valence-corrected chi connectivity index (χ4v) is 3.89. The van der Waals surface area contributed by atoms with E-state index in [2.05, 4.69) is 9.97 Å². The molecule has 0 bridgehead atoms. The first kappa shape index (κ1) is 22.3. The van der Waals surface area contributed by atoms with Crippen molar-refractivity contribution in [2.75, 3.05) is 37.1 Å². The van der Waals surface area contributed by atoms with Gasteiger partial charge in [-0.15, -0.1) is 0 Å². The molecule has 0 spiro atoms. The van der Waals surface area contributed by atoms with Crippen LogP contribution in [0.15, 0.2) is 48.8 Å². The Balaban J connectivity index is 1.53. The second-order valence-corrected chi connectivity index (χ2v) is 7.74. The fourth-order valence-electron chi connectivity index (χ4n) is 3.89. The Morgan fingerprint density at radius 1 is 1.12 bits per heavy atom. The zero-order valence-electron chi connectivity index (χ0n) is 19.2. The van der Waals surface area contributed by atoms with Crippen molar-refractivity contribution in [2.24, 2.45) is 0 Å². The van der Waals surface area contributed by atoms with Crippen molar-refractivity contribution in [3.63, 3.8) is 0 Å². The zero-order chi connectivity index (χ0) is 23.5. The molecule has 0 fully saturated rings. The number of hydrogen-bond donors (Lipinski definition) is 0. The summed E-state index contributed by atoms with van der Waals surface area (Å²) in [6.45, 7) is 4.93. The highest BCUT2D eigenvalue weighted by Crippen LogP contribution is 2.37. The van der Waals surface area contributed by atoms with Gasteiger partial charge in [-0.25, -0.2) is 14.8 Å². The highest BCUT2D eigenvalue weighted by Gasteiger charge is 2.30. The molecule has 0 aliphatic carbocycles. The van der Waals surface area contributed by atoms with Crippen molar-refractivity contribution in [1.29, 1.82) is 0 Å². The molecule has 1 aliphatic heterocycles. The van der Waals surface area contributed by atoms with E-state index in [0.717, 1.165) is 16.8 Å². The number of carbonyl (C=O) groups is 2. The Morgan fingerprint density at radius 3 is 2.67 bits per heavy atom. The average Bonchev–Trinajstić information content (AvgIpc) is 2.92. The van der Waals surface area contributed by atoms with E-state index in [0.29, 0.717) is 48.1 Å². The first-order chi connectivity index (χ1) is 15.9. The van der Waals surface area contributed by atoms with Crippen molar-refractivity contribution in [2.45, 2.75) is 20.3 Å². The smallest absolute Gasteiger partial charge is 0.337 e. The van der Waals surface area contributed by atoms with Crippen molar-refractivity contribution in [3.05, 3.63) is 71.0 Å². The Hall–Kier alpha value is -3.94. The zero-order valence-corrected chi connectivity index (χ0v) is 19.2. The first-order valence-corrected chi connectivity index (χ1v) is 10.8. The van der Waals surface area contributed by atoms with E-state index in [-0.39, 0.29) is 11.9 Å². The van der Waals surface area contributed by atoms with Crippen LogP contribution in [-0.4, -0.2) is 49.2 Å². The van der Waals surface area contributed by atoms with Gasteiger partial charge in [0, 0.05) is 32.4 Å². The van der Waals surface area contributed by atoms with E-state index < -0.39 is 0 Å². The highest BCUT2D eigenvalue weighted by molar-refractivity contribution is 6.12. The number of aryl methyl sites for hydroxylation is 1. The lowest BCUT2D eigenvalue weighted by Gasteiger charge is -2.22. The molecule has 0 saturated carbocycles. The number of pyridine rings is 2. The summed E-state index contributed by atoms with van der Waals surface area (Å²) in [7, 11) is 3.11. The molecule has 170 valence electrons. The number of rotatable bonds is 6. The number of esters is 1. The van der Waals surface area contributed by atoms with Crippen LogP contribution >= 0.6 is 0 Å². The second-order valence-electron chi connectivity index (χ2n) is 7.74. The SMILES string of the molecule is CCN1c2ncc(CCOc3ccc(C(=O)OC)cc3C)cc2C(=O)N(C)c2cccnc21. The van der Waals surface area contributed by atoms with Crippen molar-refractivity contribution in [1.82, 2.24) is 9.97 Å². The predicted octanol–water partition coefficient (Wildman–Crippen LogP) is 3.94. The summed E-state index contributed by atoms with van der Waals surface area (Å²) in [5, 5.41) is 0. The minimum atomic E-state index is -0.381. The Morgan fingerprint density at radius 2 is 1.94 bits per heavy atom. The molecule has 8 nitrogen and oxygen atoms in total. The van der Waals surface area contributed by atoms with Gasteiger partial charge in [0.2, 0.25) is 0 Å². The molecule has 1 amide bonds. The summed E-state index contributed by atoms with van der Waals surface area (Å²) in [6, 6.07) is 10.8. The van der Waals surface area contributed by atoms with Gasteiger partial charge in [0.05, 0.1) is 30.5 Å².